The van der Waals surface area contributed by atoms with Gasteiger partial charge in [0.1, 0.15) is 17.7 Å². The van der Waals surface area contributed by atoms with Crippen LogP contribution in [0.15, 0.2) is 53.8 Å². The predicted molar refractivity (Wildman–Crippen MR) is 133 cm³/mol. The number of halogens is 4. The van der Waals surface area contributed by atoms with Crippen molar-refractivity contribution in [2.24, 2.45) is 0 Å². The van der Waals surface area contributed by atoms with Crippen LogP contribution >= 0.6 is 34.8 Å². The van der Waals surface area contributed by atoms with Crippen molar-refractivity contribution in [2.75, 3.05) is 5.32 Å². The third-order valence-electron chi connectivity index (χ3n) is 5.55. The molecule has 0 saturated heterocycles. The molecule has 5 rings (SSSR count). The first-order valence-corrected chi connectivity index (χ1v) is 11.4. The zero-order valence-electron chi connectivity index (χ0n) is 17.6. The fourth-order valence-corrected chi connectivity index (χ4v) is 4.69. The summed E-state index contributed by atoms with van der Waals surface area (Å²) in [7, 11) is 0. The van der Waals surface area contributed by atoms with Crippen molar-refractivity contribution < 1.29 is 4.39 Å². The molecule has 3 aromatic heterocycles. The molecule has 0 amide bonds. The van der Waals surface area contributed by atoms with Crippen molar-refractivity contribution in [3.63, 3.8) is 0 Å². The van der Waals surface area contributed by atoms with Gasteiger partial charge in [0.2, 0.25) is 0 Å². The van der Waals surface area contributed by atoms with E-state index in [1.165, 1.54) is 35.4 Å². The van der Waals surface area contributed by atoms with E-state index in [4.69, 9.17) is 34.8 Å². The number of fused-ring (bicyclic) bond motifs is 2. The maximum atomic E-state index is 14.3. The second-order valence-corrected chi connectivity index (χ2v) is 8.78. The highest BCUT2D eigenvalue weighted by atomic mass is 35.5. The first-order valence-electron chi connectivity index (χ1n) is 10.3. The van der Waals surface area contributed by atoms with Crippen LogP contribution in [0.2, 0.25) is 15.1 Å². The minimum atomic E-state index is -0.681. The lowest BCUT2D eigenvalue weighted by molar-refractivity contribution is 0.629. The third-order valence-corrected chi connectivity index (χ3v) is 6.46. The van der Waals surface area contributed by atoms with Gasteiger partial charge in [-0.05, 0) is 42.1 Å². The van der Waals surface area contributed by atoms with Crippen LogP contribution in [-0.4, -0.2) is 24.5 Å². The summed E-state index contributed by atoms with van der Waals surface area (Å²) < 4.78 is 15.7. The Morgan fingerprint density at radius 2 is 1.94 bits per heavy atom. The minimum absolute atomic E-state index is 0.0583. The lowest BCUT2D eigenvalue weighted by Gasteiger charge is -2.24. The van der Waals surface area contributed by atoms with E-state index in [1.807, 2.05) is 6.92 Å². The summed E-state index contributed by atoms with van der Waals surface area (Å²) in [5.74, 6) is -0.184. The first kappa shape index (κ1) is 22.6. The molecule has 0 radical (unpaired) electrons. The standard InChI is InChI=1S/C23H16Cl3FN6O/c1-2-15(32-22-20-21(29-9-28-20)30-10-31-22)17-7-11-3-5-14(27)19(26)18(11)23(34)33(17)16-6-4-12(24)8-13(16)25/h3-10,15H,2H2,1H3,(H2,28,29,30,31,32). The summed E-state index contributed by atoms with van der Waals surface area (Å²) in [6, 6.07) is 8.95. The Morgan fingerprint density at radius 1 is 1.12 bits per heavy atom. The lowest BCUT2D eigenvalue weighted by atomic mass is 10.0. The van der Waals surface area contributed by atoms with Crippen LogP contribution in [0.3, 0.4) is 0 Å². The smallest absolute Gasteiger partial charge is 0.264 e. The molecule has 1 atom stereocenters. The van der Waals surface area contributed by atoms with Crippen molar-refractivity contribution in [2.45, 2.75) is 19.4 Å². The number of benzene rings is 2. The molecule has 0 saturated carbocycles. The number of hydrogen-bond donors (Lipinski definition) is 2. The second kappa shape index (κ2) is 8.87. The normalized spacial score (nSPS) is 12.4. The van der Waals surface area contributed by atoms with Crippen LogP contribution < -0.4 is 10.9 Å². The van der Waals surface area contributed by atoms with E-state index in [0.29, 0.717) is 45.2 Å². The highest BCUT2D eigenvalue weighted by molar-refractivity contribution is 6.36. The van der Waals surface area contributed by atoms with E-state index in [9.17, 15) is 9.18 Å². The van der Waals surface area contributed by atoms with Crippen molar-refractivity contribution in [3.05, 3.63) is 86.0 Å². The van der Waals surface area contributed by atoms with Gasteiger partial charge in [-0.3, -0.25) is 9.36 Å². The van der Waals surface area contributed by atoms with E-state index in [1.54, 1.807) is 18.2 Å². The van der Waals surface area contributed by atoms with Gasteiger partial charge in [-0.2, -0.15) is 0 Å². The Balaban J connectivity index is 1.78. The molecule has 2 N–H and O–H groups in total. The molecule has 0 bridgehead atoms. The summed E-state index contributed by atoms with van der Waals surface area (Å²) in [5, 5.41) is 4.35. The zero-order chi connectivity index (χ0) is 24.0. The Kier molecular flexibility index (Phi) is 5.89. The molecule has 0 aliphatic carbocycles. The number of nitrogens with zero attached hydrogens (tertiary/aromatic N) is 4. The van der Waals surface area contributed by atoms with Gasteiger partial charge in [-0.1, -0.05) is 47.8 Å². The molecule has 172 valence electrons. The van der Waals surface area contributed by atoms with Crippen LogP contribution in [-0.2, 0) is 0 Å². The van der Waals surface area contributed by atoms with Crippen molar-refractivity contribution in [1.82, 2.24) is 24.5 Å². The monoisotopic (exact) mass is 516 g/mol. The molecule has 5 aromatic rings. The van der Waals surface area contributed by atoms with Gasteiger partial charge < -0.3 is 10.3 Å². The molecule has 7 nitrogen and oxygen atoms in total. The van der Waals surface area contributed by atoms with Crippen LogP contribution in [0.4, 0.5) is 10.2 Å². The van der Waals surface area contributed by atoms with Gasteiger partial charge in [0.25, 0.3) is 5.56 Å². The van der Waals surface area contributed by atoms with Crippen LogP contribution in [0.1, 0.15) is 25.1 Å². The molecule has 11 heteroatoms. The largest absolute Gasteiger partial charge is 0.360 e. The average Bonchev–Trinajstić information content (AvgIpc) is 3.30. The van der Waals surface area contributed by atoms with Crippen molar-refractivity contribution in [1.29, 1.82) is 0 Å². The summed E-state index contributed by atoms with van der Waals surface area (Å²) in [6.07, 6.45) is 3.52. The van der Waals surface area contributed by atoms with E-state index < -0.39 is 17.4 Å². The lowest BCUT2D eigenvalue weighted by Crippen LogP contribution is -2.27. The van der Waals surface area contributed by atoms with Gasteiger partial charge in [0.15, 0.2) is 11.5 Å². The average molecular weight is 518 g/mol. The fraction of sp³-hybridized carbons (Fsp3) is 0.130. The van der Waals surface area contributed by atoms with Crippen LogP contribution in [0.25, 0.3) is 27.6 Å². The number of aromatic amines is 1. The van der Waals surface area contributed by atoms with E-state index in [0.717, 1.165) is 0 Å². The maximum absolute atomic E-state index is 14.3. The Labute approximate surface area is 207 Å². The molecule has 0 fully saturated rings. The molecular formula is C23H16Cl3FN6O. The van der Waals surface area contributed by atoms with Crippen LogP contribution in [0, 0.1) is 5.82 Å². The second-order valence-electron chi connectivity index (χ2n) is 7.56. The van der Waals surface area contributed by atoms with E-state index in [-0.39, 0.29) is 15.4 Å². The maximum Gasteiger partial charge on any atom is 0.264 e. The number of nitrogens with one attached hydrogen (secondary N) is 2. The number of imidazole rings is 1. The number of anilines is 1. The Morgan fingerprint density at radius 3 is 2.71 bits per heavy atom. The SMILES string of the molecule is CCC(Nc1ncnc2[nH]cnc12)c1cc2ccc(F)c(Cl)c2c(=O)n1-c1ccc(Cl)cc1Cl. The van der Waals surface area contributed by atoms with Crippen LogP contribution in [0.5, 0.6) is 0 Å². The number of aromatic nitrogens is 5. The Bertz CT molecular complexity index is 1620. The number of H-pyrrole nitrogens is 1. The molecule has 0 aliphatic heterocycles. The summed E-state index contributed by atoms with van der Waals surface area (Å²) >= 11 is 18.8. The number of rotatable bonds is 5. The molecule has 1 unspecified atom stereocenters. The van der Waals surface area contributed by atoms with Gasteiger partial charge in [-0.15, -0.1) is 0 Å². The van der Waals surface area contributed by atoms with E-state index in [2.05, 4.69) is 25.3 Å². The van der Waals surface area contributed by atoms with Gasteiger partial charge >= 0.3 is 0 Å². The highest BCUT2D eigenvalue weighted by Gasteiger charge is 2.23. The Hall–Kier alpha value is -3.20. The highest BCUT2D eigenvalue weighted by Crippen LogP contribution is 2.33. The molecular weight excluding hydrogens is 502 g/mol. The summed E-state index contributed by atoms with van der Waals surface area (Å²) in [5.41, 5.74) is 1.60. The molecule has 0 spiro atoms. The molecule has 2 aromatic carbocycles. The predicted octanol–water partition coefficient (Wildman–Crippen LogP) is 6.32. The number of pyridine rings is 1. The van der Waals surface area contributed by atoms with Gasteiger partial charge in [-0.25, -0.2) is 19.3 Å². The van der Waals surface area contributed by atoms with Crippen molar-refractivity contribution in [3.8, 4) is 5.69 Å². The third kappa shape index (κ3) is 3.77. The summed E-state index contributed by atoms with van der Waals surface area (Å²) in [6.45, 7) is 1.96. The zero-order valence-corrected chi connectivity index (χ0v) is 19.9. The first-order chi connectivity index (χ1) is 16.4. The summed E-state index contributed by atoms with van der Waals surface area (Å²) in [4.78, 5) is 29.5. The van der Waals surface area contributed by atoms with Crippen molar-refractivity contribution >= 4 is 62.6 Å². The van der Waals surface area contributed by atoms with Gasteiger partial charge in [0, 0.05) is 10.7 Å². The topological polar surface area (TPSA) is 88.5 Å². The molecule has 34 heavy (non-hydrogen) atoms. The molecule has 3 heterocycles. The minimum Gasteiger partial charge on any atom is -0.360 e. The van der Waals surface area contributed by atoms with Gasteiger partial charge in [0.05, 0.1) is 33.5 Å². The fourth-order valence-electron chi connectivity index (χ4n) is 3.94. The quantitative estimate of drug-likeness (QED) is 0.285. The molecule has 0 aliphatic rings. The number of hydrogen-bond acceptors (Lipinski definition) is 5. The van der Waals surface area contributed by atoms with E-state index >= 15 is 0 Å².